The van der Waals surface area contributed by atoms with Gasteiger partial charge < -0.3 is 5.11 Å². The number of rotatable bonds is 3. The second kappa shape index (κ2) is 6.84. The van der Waals surface area contributed by atoms with Crippen LogP contribution in [-0.4, -0.2) is 32.8 Å². The van der Waals surface area contributed by atoms with E-state index in [1.54, 1.807) is 18.2 Å². The minimum absolute atomic E-state index is 0.0877. The minimum Gasteiger partial charge on any atom is -0.481 e. The van der Waals surface area contributed by atoms with Crippen LogP contribution in [0, 0.1) is 0 Å². The topological polar surface area (TPSA) is 97.2 Å². The van der Waals surface area contributed by atoms with Gasteiger partial charge in [-0.15, -0.1) is 0 Å². The van der Waals surface area contributed by atoms with Gasteiger partial charge in [-0.1, -0.05) is 36.4 Å². The molecule has 0 saturated carbocycles. The first-order valence-corrected chi connectivity index (χ1v) is 9.62. The summed E-state index contributed by atoms with van der Waals surface area (Å²) in [7, 11) is 0. The van der Waals surface area contributed by atoms with Crippen LogP contribution in [-0.2, 0) is 22.4 Å². The zero-order valence-corrected chi connectivity index (χ0v) is 15.9. The number of carbonyl (C=O) groups excluding carboxylic acids is 2. The van der Waals surface area contributed by atoms with Crippen molar-refractivity contribution < 1.29 is 19.5 Å². The molecule has 3 aromatic rings. The van der Waals surface area contributed by atoms with E-state index in [0.29, 0.717) is 40.0 Å². The molecule has 146 valence electrons. The largest absolute Gasteiger partial charge is 0.481 e. The third-order valence-electron chi connectivity index (χ3n) is 5.63. The Labute approximate surface area is 171 Å². The van der Waals surface area contributed by atoms with Crippen molar-refractivity contribution in [1.82, 2.24) is 10.2 Å². The lowest BCUT2D eigenvalue weighted by Gasteiger charge is -2.21. The molecule has 0 atom stereocenters. The van der Waals surface area contributed by atoms with Crippen molar-refractivity contribution in [3.8, 4) is 11.1 Å². The molecule has 0 radical (unpaired) electrons. The quantitative estimate of drug-likeness (QED) is 0.720. The molecule has 0 spiro atoms. The second-order valence-electron chi connectivity index (χ2n) is 7.38. The Balaban J connectivity index is 1.92. The Morgan fingerprint density at radius 2 is 1.73 bits per heavy atom. The lowest BCUT2D eigenvalue weighted by Crippen LogP contribution is -2.40. The van der Waals surface area contributed by atoms with Gasteiger partial charge in [-0.25, -0.2) is 0 Å². The molecule has 0 amide bonds. The van der Waals surface area contributed by atoms with E-state index in [2.05, 4.69) is 10.2 Å². The summed E-state index contributed by atoms with van der Waals surface area (Å²) in [5.74, 6) is -1.25. The number of ketones is 2. The van der Waals surface area contributed by atoms with E-state index in [9.17, 15) is 19.5 Å². The first-order chi connectivity index (χ1) is 14.5. The van der Waals surface area contributed by atoms with E-state index in [1.807, 2.05) is 30.3 Å². The molecule has 0 unspecified atom stereocenters. The van der Waals surface area contributed by atoms with Gasteiger partial charge in [-0.05, 0) is 45.7 Å². The second-order valence-corrected chi connectivity index (χ2v) is 7.38. The standard InChI is InChI=1S/C24H16N2O4/c27-20-8-6-13-5-7-15-14-3-1-2-4-16(14)21(28)11-18(15)23(13)24(20)17-9-10-25-26-19(17)12-22(29)30/h1-5,7,9-11H,6,8,12H2,(H,29,30). The molecule has 6 heteroatoms. The number of carbonyl (C=O) groups is 3. The molecule has 0 bridgehead atoms. The first-order valence-electron chi connectivity index (χ1n) is 9.62. The number of carboxylic acid groups (broad SMARTS) is 1. The molecule has 1 aromatic heterocycles. The number of carboxylic acids is 1. The third-order valence-corrected chi connectivity index (χ3v) is 5.63. The Hall–Kier alpha value is -3.93. The van der Waals surface area contributed by atoms with Gasteiger partial charge in [0.1, 0.15) is 0 Å². The third kappa shape index (κ3) is 2.76. The number of aromatic nitrogens is 2. The van der Waals surface area contributed by atoms with E-state index >= 15 is 0 Å². The number of hydrogen-bond acceptors (Lipinski definition) is 5. The van der Waals surface area contributed by atoms with Gasteiger partial charge in [0.15, 0.2) is 11.6 Å². The summed E-state index contributed by atoms with van der Waals surface area (Å²) >= 11 is 0. The Morgan fingerprint density at radius 3 is 2.53 bits per heavy atom. The van der Waals surface area contributed by atoms with Crippen LogP contribution in [0.3, 0.4) is 0 Å². The summed E-state index contributed by atoms with van der Waals surface area (Å²) < 4.78 is 0. The SMILES string of the molecule is O=C(O)Cc1nnccc1C1=c2c(ccc3c2=CC(=O)c2ccccc2-3)CCC1=O. The van der Waals surface area contributed by atoms with Gasteiger partial charge in [0.2, 0.25) is 0 Å². The van der Waals surface area contributed by atoms with Gasteiger partial charge >= 0.3 is 5.97 Å². The van der Waals surface area contributed by atoms with Crippen LogP contribution in [0.1, 0.15) is 33.6 Å². The van der Waals surface area contributed by atoms with Gasteiger partial charge in [0.05, 0.1) is 18.3 Å². The zero-order chi connectivity index (χ0) is 20.8. The van der Waals surface area contributed by atoms with Crippen molar-refractivity contribution >= 4 is 29.2 Å². The highest BCUT2D eigenvalue weighted by atomic mass is 16.4. The predicted octanol–water partition coefficient (Wildman–Crippen LogP) is 1.46. The summed E-state index contributed by atoms with van der Waals surface area (Å²) in [4.78, 5) is 37.2. The molecule has 2 aromatic carbocycles. The number of fused-ring (bicyclic) bond motifs is 5. The van der Waals surface area contributed by atoms with E-state index < -0.39 is 5.97 Å². The number of benzene rings is 2. The maximum absolute atomic E-state index is 13.1. The summed E-state index contributed by atoms with van der Waals surface area (Å²) in [6.45, 7) is 0. The fourth-order valence-corrected chi connectivity index (χ4v) is 4.35. The van der Waals surface area contributed by atoms with Gasteiger partial charge in [0.25, 0.3) is 0 Å². The van der Waals surface area contributed by atoms with Crippen LogP contribution in [0.25, 0.3) is 22.8 Å². The van der Waals surface area contributed by atoms with Crippen LogP contribution in [0.5, 0.6) is 0 Å². The molecular weight excluding hydrogens is 380 g/mol. The predicted molar refractivity (Wildman–Crippen MR) is 109 cm³/mol. The van der Waals surface area contributed by atoms with Crippen LogP contribution in [0.15, 0.2) is 48.7 Å². The number of Topliss-reactive ketones (excluding diaryl/α,β-unsaturated/α-hetero) is 2. The maximum atomic E-state index is 13.1. The van der Waals surface area contributed by atoms with Crippen LogP contribution >= 0.6 is 0 Å². The minimum atomic E-state index is -1.05. The highest BCUT2D eigenvalue weighted by Crippen LogP contribution is 2.27. The maximum Gasteiger partial charge on any atom is 0.309 e. The highest BCUT2D eigenvalue weighted by Gasteiger charge is 2.26. The van der Waals surface area contributed by atoms with Gasteiger partial charge in [-0.2, -0.15) is 10.2 Å². The van der Waals surface area contributed by atoms with Crippen molar-refractivity contribution in [1.29, 1.82) is 0 Å². The summed E-state index contributed by atoms with van der Waals surface area (Å²) in [5.41, 5.74) is 4.43. The van der Waals surface area contributed by atoms with Crippen molar-refractivity contribution in [3.05, 3.63) is 81.5 Å². The van der Waals surface area contributed by atoms with Crippen LogP contribution in [0.4, 0.5) is 0 Å². The lowest BCUT2D eigenvalue weighted by atomic mass is 9.82. The highest BCUT2D eigenvalue weighted by molar-refractivity contribution is 6.24. The first kappa shape index (κ1) is 18.1. The summed E-state index contributed by atoms with van der Waals surface area (Å²) in [5, 5.41) is 18.5. The Bertz CT molecular complexity index is 1390. The fraction of sp³-hybridized carbons (Fsp3) is 0.125. The smallest absolute Gasteiger partial charge is 0.309 e. The van der Waals surface area contributed by atoms with E-state index in [0.717, 1.165) is 16.7 Å². The normalized spacial score (nSPS) is 14.5. The Morgan fingerprint density at radius 1 is 0.933 bits per heavy atom. The van der Waals surface area contributed by atoms with E-state index in [1.165, 1.54) is 6.20 Å². The molecule has 6 nitrogen and oxygen atoms in total. The van der Waals surface area contributed by atoms with Crippen molar-refractivity contribution in [3.63, 3.8) is 0 Å². The van der Waals surface area contributed by atoms with E-state index in [4.69, 9.17) is 0 Å². The molecule has 0 saturated heterocycles. The van der Waals surface area contributed by atoms with Crippen molar-refractivity contribution in [2.75, 3.05) is 0 Å². The zero-order valence-electron chi connectivity index (χ0n) is 15.9. The molecule has 1 N–H and O–H groups in total. The molecular formula is C24H16N2O4. The molecule has 5 rings (SSSR count). The lowest BCUT2D eigenvalue weighted by molar-refractivity contribution is -0.136. The van der Waals surface area contributed by atoms with Crippen molar-refractivity contribution in [2.45, 2.75) is 19.3 Å². The molecule has 0 aliphatic heterocycles. The average molecular weight is 396 g/mol. The monoisotopic (exact) mass is 396 g/mol. The number of nitrogens with zero attached hydrogens (tertiary/aromatic N) is 2. The Kier molecular flexibility index (Phi) is 4.13. The van der Waals surface area contributed by atoms with Crippen molar-refractivity contribution in [2.24, 2.45) is 0 Å². The molecule has 1 heterocycles. The van der Waals surface area contributed by atoms with E-state index in [-0.39, 0.29) is 23.7 Å². The number of aryl methyl sites for hydroxylation is 1. The molecule has 30 heavy (non-hydrogen) atoms. The van der Waals surface area contributed by atoms with Gasteiger partial charge in [0, 0.05) is 23.1 Å². The molecule has 2 aliphatic rings. The fourth-order valence-electron chi connectivity index (χ4n) is 4.35. The van der Waals surface area contributed by atoms with Gasteiger partial charge in [-0.3, -0.25) is 14.4 Å². The number of hydrogen-bond donors (Lipinski definition) is 1. The summed E-state index contributed by atoms with van der Waals surface area (Å²) in [6, 6.07) is 13.0. The molecule has 0 fully saturated rings. The number of aliphatic carboxylic acids is 1. The average Bonchev–Trinajstić information content (AvgIpc) is 2.74. The summed E-state index contributed by atoms with van der Waals surface area (Å²) in [6.07, 6.45) is 3.59. The van der Waals surface area contributed by atoms with Crippen LogP contribution in [0.2, 0.25) is 0 Å². The molecule has 2 aliphatic carbocycles. The van der Waals surface area contributed by atoms with Crippen LogP contribution < -0.4 is 10.4 Å².